The summed E-state index contributed by atoms with van der Waals surface area (Å²) in [4.78, 5) is 0. The van der Waals surface area contributed by atoms with Gasteiger partial charge in [0.15, 0.2) is 0 Å². The van der Waals surface area contributed by atoms with Crippen LogP contribution in [0.1, 0.15) is 17.0 Å². The molecule has 2 aromatic rings. The highest BCUT2D eigenvalue weighted by Gasteiger charge is 2.13. The second-order valence-corrected chi connectivity index (χ2v) is 4.28. The lowest BCUT2D eigenvalue weighted by molar-refractivity contribution is 0.562. The number of hydrogen-bond donors (Lipinski definition) is 1. The first-order chi connectivity index (χ1) is 8.70. The minimum Gasteiger partial charge on any atom is -0.330 e. The van der Waals surface area contributed by atoms with Gasteiger partial charge in [-0.05, 0) is 30.2 Å². The summed E-state index contributed by atoms with van der Waals surface area (Å²) < 4.78 is 26.4. The largest absolute Gasteiger partial charge is 0.330 e. The smallest absolute Gasteiger partial charge is 0.129 e. The fourth-order valence-electron chi connectivity index (χ4n) is 2.02. The Morgan fingerprint density at radius 3 is 2.33 bits per heavy atom. The Hall–Kier alpha value is -1.74. The highest BCUT2D eigenvalue weighted by molar-refractivity contribution is 5.25. The molecule has 94 valence electrons. The molecule has 2 N–H and O–H groups in total. The fourth-order valence-corrected chi connectivity index (χ4v) is 2.02. The van der Waals surface area contributed by atoms with Gasteiger partial charge in [-0.2, -0.15) is 0 Å². The van der Waals surface area contributed by atoms with Crippen LogP contribution in [-0.2, 0) is 6.42 Å². The van der Waals surface area contributed by atoms with Crippen LogP contribution in [-0.4, -0.2) is 6.54 Å². The van der Waals surface area contributed by atoms with Crippen molar-refractivity contribution in [3.05, 3.63) is 71.3 Å². The first-order valence-electron chi connectivity index (χ1n) is 5.89. The van der Waals surface area contributed by atoms with Gasteiger partial charge >= 0.3 is 0 Å². The molecule has 0 aromatic heterocycles. The molecule has 2 rings (SSSR count). The summed E-state index contributed by atoms with van der Waals surface area (Å²) in [5, 5.41) is 0. The minimum atomic E-state index is -0.555. The molecule has 0 saturated carbocycles. The summed E-state index contributed by atoms with van der Waals surface area (Å²) in [7, 11) is 0. The quantitative estimate of drug-likeness (QED) is 0.881. The van der Waals surface area contributed by atoms with E-state index in [0.29, 0.717) is 18.5 Å². The van der Waals surface area contributed by atoms with Crippen LogP contribution in [0.15, 0.2) is 48.5 Å². The molecule has 0 aliphatic heterocycles. The van der Waals surface area contributed by atoms with Crippen molar-refractivity contribution in [1.29, 1.82) is 0 Å². The number of nitrogens with two attached hydrogens (primary N) is 1. The number of hydrogen-bond acceptors (Lipinski definition) is 1. The van der Waals surface area contributed by atoms with E-state index in [0.717, 1.165) is 11.6 Å². The monoisotopic (exact) mass is 247 g/mol. The molecule has 0 amide bonds. The summed E-state index contributed by atoms with van der Waals surface area (Å²) in [5.74, 6) is -1.02. The lowest BCUT2D eigenvalue weighted by atomic mass is 9.92. The van der Waals surface area contributed by atoms with Crippen molar-refractivity contribution in [2.45, 2.75) is 12.3 Å². The van der Waals surface area contributed by atoms with Crippen molar-refractivity contribution < 1.29 is 8.78 Å². The third-order valence-corrected chi connectivity index (χ3v) is 3.04. The summed E-state index contributed by atoms with van der Waals surface area (Å²) in [6, 6.07) is 13.4. The molecule has 0 radical (unpaired) electrons. The molecule has 18 heavy (non-hydrogen) atoms. The van der Waals surface area contributed by atoms with Gasteiger partial charge < -0.3 is 5.73 Å². The zero-order chi connectivity index (χ0) is 13.0. The maximum Gasteiger partial charge on any atom is 0.129 e. The average Bonchev–Trinajstić information content (AvgIpc) is 2.39. The standard InChI is InChI=1S/C15H15F2N/c16-14-7-6-12(15(17)9-14)8-13(10-18)11-4-2-1-3-5-11/h1-7,9,13H,8,10,18H2. The molecule has 1 nitrogen and oxygen atoms in total. The van der Waals surface area contributed by atoms with Crippen LogP contribution in [0.2, 0.25) is 0 Å². The fraction of sp³-hybridized carbons (Fsp3) is 0.200. The zero-order valence-corrected chi connectivity index (χ0v) is 9.94. The Kier molecular flexibility index (Phi) is 4.05. The van der Waals surface area contributed by atoms with Crippen LogP contribution in [0, 0.1) is 11.6 Å². The van der Waals surface area contributed by atoms with Gasteiger partial charge in [-0.3, -0.25) is 0 Å². The Labute approximate surface area is 105 Å². The van der Waals surface area contributed by atoms with Gasteiger partial charge in [-0.1, -0.05) is 36.4 Å². The normalized spacial score (nSPS) is 12.4. The topological polar surface area (TPSA) is 26.0 Å². The van der Waals surface area contributed by atoms with Crippen LogP contribution in [0.5, 0.6) is 0 Å². The highest BCUT2D eigenvalue weighted by atomic mass is 19.1. The van der Waals surface area contributed by atoms with Gasteiger partial charge in [0.05, 0.1) is 0 Å². The maximum absolute atomic E-state index is 13.6. The Bertz CT molecular complexity index is 511. The Balaban J connectivity index is 2.21. The van der Waals surface area contributed by atoms with Crippen LogP contribution < -0.4 is 5.73 Å². The van der Waals surface area contributed by atoms with E-state index in [-0.39, 0.29) is 5.92 Å². The second-order valence-electron chi connectivity index (χ2n) is 4.28. The van der Waals surface area contributed by atoms with E-state index in [2.05, 4.69) is 0 Å². The van der Waals surface area contributed by atoms with Crippen LogP contribution in [0.3, 0.4) is 0 Å². The predicted molar refractivity (Wildman–Crippen MR) is 68.3 cm³/mol. The molecule has 0 saturated heterocycles. The molecule has 3 heteroatoms. The number of halogens is 2. The Morgan fingerprint density at radius 1 is 1.00 bits per heavy atom. The lowest BCUT2D eigenvalue weighted by Gasteiger charge is -2.15. The summed E-state index contributed by atoms with van der Waals surface area (Å²) in [6.07, 6.45) is 0.479. The maximum atomic E-state index is 13.6. The first-order valence-corrected chi connectivity index (χ1v) is 5.89. The van der Waals surface area contributed by atoms with Gasteiger partial charge in [0.25, 0.3) is 0 Å². The Morgan fingerprint density at radius 2 is 1.72 bits per heavy atom. The first kappa shape index (κ1) is 12.7. The van der Waals surface area contributed by atoms with Gasteiger partial charge in [0.2, 0.25) is 0 Å². The van der Waals surface area contributed by atoms with E-state index in [4.69, 9.17) is 5.73 Å². The molecule has 1 atom stereocenters. The molecule has 0 aliphatic rings. The van der Waals surface area contributed by atoms with Crippen molar-refractivity contribution in [3.63, 3.8) is 0 Å². The molecule has 0 bridgehead atoms. The summed E-state index contributed by atoms with van der Waals surface area (Å²) in [5.41, 5.74) is 7.31. The van der Waals surface area contributed by atoms with E-state index in [1.54, 1.807) is 0 Å². The highest BCUT2D eigenvalue weighted by Crippen LogP contribution is 2.21. The second kappa shape index (κ2) is 5.74. The molecular weight excluding hydrogens is 232 g/mol. The number of benzene rings is 2. The molecule has 0 spiro atoms. The molecule has 0 heterocycles. The van der Waals surface area contributed by atoms with Gasteiger partial charge in [-0.15, -0.1) is 0 Å². The van der Waals surface area contributed by atoms with Gasteiger partial charge in [-0.25, -0.2) is 8.78 Å². The van der Waals surface area contributed by atoms with Gasteiger partial charge in [0, 0.05) is 12.0 Å². The lowest BCUT2D eigenvalue weighted by Crippen LogP contribution is -2.15. The van der Waals surface area contributed by atoms with Gasteiger partial charge in [0.1, 0.15) is 11.6 Å². The number of rotatable bonds is 4. The summed E-state index contributed by atoms with van der Waals surface area (Å²) in [6.45, 7) is 0.431. The van der Waals surface area contributed by atoms with Crippen molar-refractivity contribution >= 4 is 0 Å². The molecule has 0 fully saturated rings. The minimum absolute atomic E-state index is 0.0474. The average molecular weight is 247 g/mol. The third-order valence-electron chi connectivity index (χ3n) is 3.04. The molecule has 0 aliphatic carbocycles. The SMILES string of the molecule is NCC(Cc1ccc(F)cc1F)c1ccccc1. The van der Waals surface area contributed by atoms with E-state index >= 15 is 0 Å². The van der Waals surface area contributed by atoms with E-state index < -0.39 is 11.6 Å². The van der Waals surface area contributed by atoms with Crippen molar-refractivity contribution in [2.75, 3.05) is 6.54 Å². The van der Waals surface area contributed by atoms with Crippen molar-refractivity contribution in [2.24, 2.45) is 5.73 Å². The third kappa shape index (κ3) is 2.93. The van der Waals surface area contributed by atoms with Crippen molar-refractivity contribution in [1.82, 2.24) is 0 Å². The molecule has 1 unspecified atom stereocenters. The zero-order valence-electron chi connectivity index (χ0n) is 9.94. The molecular formula is C15H15F2N. The molecule has 2 aromatic carbocycles. The van der Waals surface area contributed by atoms with Crippen LogP contribution >= 0.6 is 0 Å². The van der Waals surface area contributed by atoms with E-state index in [1.165, 1.54) is 12.1 Å². The van der Waals surface area contributed by atoms with Crippen molar-refractivity contribution in [3.8, 4) is 0 Å². The van der Waals surface area contributed by atoms with E-state index in [1.807, 2.05) is 30.3 Å². The summed E-state index contributed by atoms with van der Waals surface area (Å²) >= 11 is 0. The van der Waals surface area contributed by atoms with Crippen LogP contribution in [0.4, 0.5) is 8.78 Å². The van der Waals surface area contributed by atoms with Crippen LogP contribution in [0.25, 0.3) is 0 Å². The predicted octanol–water partition coefficient (Wildman–Crippen LogP) is 3.25. The van der Waals surface area contributed by atoms with E-state index in [9.17, 15) is 8.78 Å².